The third kappa shape index (κ3) is 8.35. The van der Waals surface area contributed by atoms with Crippen molar-refractivity contribution in [3.05, 3.63) is 69.8 Å². The van der Waals surface area contributed by atoms with Gasteiger partial charge in [0.15, 0.2) is 12.6 Å². The van der Waals surface area contributed by atoms with Crippen molar-refractivity contribution in [3.63, 3.8) is 0 Å². The second-order valence-electron chi connectivity index (χ2n) is 11.6. The smallest absolute Gasteiger partial charge is 0.184 e. The van der Waals surface area contributed by atoms with E-state index in [0.717, 1.165) is 22.3 Å². The highest BCUT2D eigenvalue weighted by atomic mass is 16.7. The van der Waals surface area contributed by atoms with Crippen LogP contribution >= 0.6 is 0 Å². The zero-order valence-corrected chi connectivity index (χ0v) is 25.4. The van der Waals surface area contributed by atoms with Gasteiger partial charge >= 0.3 is 0 Å². The largest absolute Gasteiger partial charge is 0.396 e. The molecule has 0 spiro atoms. The summed E-state index contributed by atoms with van der Waals surface area (Å²) in [5.74, 6) is -0.616. The van der Waals surface area contributed by atoms with Gasteiger partial charge < -0.3 is 49.6 Å². The Morgan fingerprint density at radius 1 is 0.738 bits per heavy atom. The quantitative estimate of drug-likeness (QED) is 0.268. The van der Waals surface area contributed by atoms with Gasteiger partial charge in [0.1, 0.15) is 24.4 Å². The molecule has 0 aromatic heterocycles. The van der Waals surface area contributed by atoms with Crippen molar-refractivity contribution >= 4 is 0 Å². The van der Waals surface area contributed by atoms with Crippen molar-refractivity contribution in [1.82, 2.24) is 0 Å². The van der Waals surface area contributed by atoms with Gasteiger partial charge in [-0.05, 0) is 49.9 Å². The summed E-state index contributed by atoms with van der Waals surface area (Å²) in [6, 6.07) is 11.8. The Bertz CT molecular complexity index is 1120. The van der Waals surface area contributed by atoms with Crippen molar-refractivity contribution in [2.75, 3.05) is 26.4 Å². The molecule has 6 N–H and O–H groups in total. The van der Waals surface area contributed by atoms with E-state index in [1.54, 1.807) is 13.8 Å². The Morgan fingerprint density at radius 2 is 1.29 bits per heavy atom. The number of benzene rings is 2. The van der Waals surface area contributed by atoms with Crippen LogP contribution in [0.1, 0.15) is 59.8 Å². The fourth-order valence-electron chi connectivity index (χ4n) is 4.88. The normalized spacial score (nSPS) is 30.1. The second-order valence-corrected chi connectivity index (χ2v) is 11.6. The van der Waals surface area contributed by atoms with E-state index >= 15 is 0 Å². The molecule has 236 valence electrons. The molecule has 2 aliphatic rings. The highest BCUT2D eigenvalue weighted by Crippen LogP contribution is 2.34. The highest BCUT2D eigenvalue weighted by molar-refractivity contribution is 5.31. The maximum Gasteiger partial charge on any atom is 0.184 e. The Balaban J connectivity index is 0.000000230. The van der Waals surface area contributed by atoms with Crippen LogP contribution in [0.2, 0.25) is 0 Å². The van der Waals surface area contributed by atoms with E-state index in [9.17, 15) is 25.5 Å². The van der Waals surface area contributed by atoms with Crippen LogP contribution in [0, 0.1) is 39.5 Å². The van der Waals surface area contributed by atoms with Gasteiger partial charge in [0.25, 0.3) is 0 Å². The van der Waals surface area contributed by atoms with Crippen LogP contribution in [-0.4, -0.2) is 93.7 Å². The molecule has 10 nitrogen and oxygen atoms in total. The lowest BCUT2D eigenvalue weighted by Gasteiger charge is -2.41. The van der Waals surface area contributed by atoms with Gasteiger partial charge in [0.05, 0.1) is 25.4 Å². The number of aliphatic hydroxyl groups excluding tert-OH is 6. The van der Waals surface area contributed by atoms with E-state index in [1.807, 2.05) is 64.1 Å². The monoisotopic (exact) mass is 592 g/mol. The van der Waals surface area contributed by atoms with Crippen molar-refractivity contribution in [2.24, 2.45) is 11.8 Å². The molecule has 10 heteroatoms. The molecular weight excluding hydrogens is 544 g/mol. The number of aliphatic hydroxyl groups is 6. The zero-order chi connectivity index (χ0) is 31.1. The molecule has 2 aromatic rings. The molecule has 10 atom stereocenters. The third-order valence-electron chi connectivity index (χ3n) is 8.22. The first kappa shape index (κ1) is 34.5. The zero-order valence-electron chi connectivity index (χ0n) is 25.4. The van der Waals surface area contributed by atoms with E-state index in [4.69, 9.17) is 24.1 Å². The second kappa shape index (κ2) is 15.7. The van der Waals surface area contributed by atoms with E-state index < -0.39 is 49.2 Å². The molecule has 42 heavy (non-hydrogen) atoms. The predicted molar refractivity (Wildman–Crippen MR) is 155 cm³/mol. The summed E-state index contributed by atoms with van der Waals surface area (Å²) >= 11 is 0. The Morgan fingerprint density at radius 3 is 1.79 bits per heavy atom. The molecule has 2 saturated heterocycles. The maximum absolute atomic E-state index is 10.2. The standard InChI is InChI=1S/2C16H24O5/c1-9-4-5-12(6-10(9)2)16-20-13(8-18)14(19)15(21-16)11(3)7-17;1-9-4-5-12(6-10(9)2)16-20-8-13(18)15(21-16)14(19)11(3)7-17/h2*4-6,11,13-19H,7-8H2,1-3H3. The van der Waals surface area contributed by atoms with Crippen molar-refractivity contribution in [1.29, 1.82) is 0 Å². The number of hydrogen-bond acceptors (Lipinski definition) is 10. The van der Waals surface area contributed by atoms with E-state index in [0.29, 0.717) is 0 Å². The predicted octanol–water partition coefficient (Wildman–Crippen LogP) is 2.14. The molecule has 2 fully saturated rings. The molecular formula is C32H48O10. The fraction of sp³-hybridized carbons (Fsp3) is 0.625. The van der Waals surface area contributed by atoms with E-state index in [1.165, 1.54) is 11.1 Å². The first-order chi connectivity index (χ1) is 19.9. The summed E-state index contributed by atoms with van der Waals surface area (Å²) in [7, 11) is 0. The number of hydrogen-bond donors (Lipinski definition) is 6. The van der Waals surface area contributed by atoms with E-state index in [2.05, 4.69) is 0 Å². The molecule has 0 saturated carbocycles. The molecule has 0 bridgehead atoms. The molecule has 4 rings (SSSR count). The molecule has 2 aromatic carbocycles. The summed E-state index contributed by atoms with van der Waals surface area (Å²) in [5, 5.41) is 58.1. The first-order valence-electron chi connectivity index (χ1n) is 14.5. The van der Waals surface area contributed by atoms with Gasteiger partial charge in [-0.25, -0.2) is 0 Å². The van der Waals surface area contributed by atoms with Crippen LogP contribution in [0.4, 0.5) is 0 Å². The summed E-state index contributed by atoms with van der Waals surface area (Å²) in [6.45, 7) is 11.1. The number of aryl methyl sites for hydroxylation is 4. The molecule has 2 aliphatic heterocycles. The lowest BCUT2D eigenvalue weighted by atomic mass is 9.95. The lowest BCUT2D eigenvalue weighted by molar-refractivity contribution is -0.304. The molecule has 0 radical (unpaired) electrons. The summed E-state index contributed by atoms with van der Waals surface area (Å²) in [6.07, 6.45) is -6.13. The first-order valence-corrected chi connectivity index (χ1v) is 14.5. The Kier molecular flexibility index (Phi) is 12.9. The average Bonchev–Trinajstić information content (AvgIpc) is 2.99. The number of rotatable bonds is 8. The van der Waals surface area contributed by atoms with Crippen molar-refractivity contribution in [2.45, 2.75) is 90.7 Å². The van der Waals surface area contributed by atoms with Crippen molar-refractivity contribution < 1.29 is 49.6 Å². The van der Waals surface area contributed by atoms with Crippen LogP contribution in [0.3, 0.4) is 0 Å². The molecule has 2 heterocycles. The highest BCUT2D eigenvalue weighted by Gasteiger charge is 2.41. The minimum Gasteiger partial charge on any atom is -0.396 e. The fourth-order valence-corrected chi connectivity index (χ4v) is 4.88. The summed E-state index contributed by atoms with van der Waals surface area (Å²) in [5.41, 5.74) is 6.32. The van der Waals surface area contributed by atoms with Gasteiger partial charge in [-0.3, -0.25) is 0 Å². The van der Waals surface area contributed by atoms with Crippen LogP contribution in [-0.2, 0) is 18.9 Å². The third-order valence-corrected chi connectivity index (χ3v) is 8.22. The summed E-state index contributed by atoms with van der Waals surface area (Å²) in [4.78, 5) is 0. The van der Waals surface area contributed by atoms with Gasteiger partial charge in [-0.1, -0.05) is 50.2 Å². The number of ether oxygens (including phenoxy) is 4. The minimum atomic E-state index is -0.958. The maximum atomic E-state index is 10.2. The molecule has 10 unspecified atom stereocenters. The van der Waals surface area contributed by atoms with Gasteiger partial charge in [-0.15, -0.1) is 0 Å². The average molecular weight is 593 g/mol. The van der Waals surface area contributed by atoms with Crippen LogP contribution in [0.15, 0.2) is 36.4 Å². The van der Waals surface area contributed by atoms with Crippen LogP contribution in [0.25, 0.3) is 0 Å². The topological polar surface area (TPSA) is 158 Å². The van der Waals surface area contributed by atoms with Crippen LogP contribution < -0.4 is 0 Å². The minimum absolute atomic E-state index is 0.0947. The van der Waals surface area contributed by atoms with Gasteiger partial charge in [0, 0.05) is 36.2 Å². The lowest BCUT2D eigenvalue weighted by Crippen LogP contribution is -2.52. The molecule has 0 aliphatic carbocycles. The molecule has 0 amide bonds. The summed E-state index contributed by atoms with van der Waals surface area (Å²) < 4.78 is 22.7. The van der Waals surface area contributed by atoms with Gasteiger partial charge in [-0.2, -0.15) is 0 Å². The Hall–Kier alpha value is -1.96. The van der Waals surface area contributed by atoms with Gasteiger partial charge in [0.2, 0.25) is 0 Å². The SMILES string of the molecule is Cc1ccc(C2OC(CO)C(O)C(C(C)CO)O2)cc1C.Cc1ccc(C2OCC(O)C(C(O)C(C)CO)O2)cc1C. The van der Waals surface area contributed by atoms with E-state index in [-0.39, 0.29) is 38.3 Å². The van der Waals surface area contributed by atoms with Crippen LogP contribution in [0.5, 0.6) is 0 Å². The Labute approximate surface area is 248 Å². The van der Waals surface area contributed by atoms with Crippen molar-refractivity contribution in [3.8, 4) is 0 Å².